The topological polar surface area (TPSA) is 66.5 Å². The highest BCUT2D eigenvalue weighted by Gasteiger charge is 2.24. The number of carbonyl (C=O) groups excluding carboxylic acids is 1. The highest BCUT2D eigenvalue weighted by atomic mass is 16.3. The van der Waals surface area contributed by atoms with Gasteiger partial charge in [-0.1, -0.05) is 60.7 Å². The third-order valence-corrected chi connectivity index (χ3v) is 8.61. The molecule has 0 saturated carbocycles. The number of fused-ring (bicyclic) bond motifs is 1. The lowest BCUT2D eigenvalue weighted by Crippen LogP contribution is -2.40. The van der Waals surface area contributed by atoms with Gasteiger partial charge in [-0.05, 0) is 74.7 Å². The molecule has 2 aromatic heterocycles. The van der Waals surface area contributed by atoms with Crippen molar-refractivity contribution in [3.05, 3.63) is 120 Å². The number of anilines is 1. The van der Waals surface area contributed by atoms with E-state index in [0.29, 0.717) is 19.1 Å². The lowest BCUT2D eigenvalue weighted by molar-refractivity contribution is 0.0782. The number of furan rings is 1. The summed E-state index contributed by atoms with van der Waals surface area (Å²) < 4.78 is 8.13. The van der Waals surface area contributed by atoms with Crippen LogP contribution >= 0.6 is 0 Å². The van der Waals surface area contributed by atoms with E-state index < -0.39 is 0 Å². The van der Waals surface area contributed by atoms with E-state index >= 15 is 0 Å². The van der Waals surface area contributed by atoms with Crippen LogP contribution in [0.3, 0.4) is 0 Å². The van der Waals surface area contributed by atoms with Crippen molar-refractivity contribution in [2.45, 2.75) is 44.7 Å². The Morgan fingerprint density at radius 3 is 2.37 bits per heavy atom. The predicted molar refractivity (Wildman–Crippen MR) is 173 cm³/mol. The molecule has 1 unspecified atom stereocenters. The Morgan fingerprint density at radius 1 is 0.953 bits per heavy atom. The number of nitrogens with zero attached hydrogens (tertiary/aromatic N) is 4. The summed E-state index contributed by atoms with van der Waals surface area (Å²) in [5.74, 6) is 3.11. The average molecular weight is 576 g/mol. The molecule has 7 nitrogen and oxygen atoms in total. The zero-order chi connectivity index (χ0) is 29.6. The normalized spacial score (nSPS) is 15.0. The molecule has 3 aromatic carbocycles. The van der Waals surface area contributed by atoms with E-state index in [1.165, 1.54) is 5.56 Å². The van der Waals surface area contributed by atoms with Crippen LogP contribution in [0.25, 0.3) is 11.0 Å². The molecule has 1 aliphatic rings. The lowest BCUT2D eigenvalue weighted by Gasteiger charge is -2.34. The molecule has 0 spiro atoms. The minimum atomic E-state index is 0.0709. The quantitative estimate of drug-likeness (QED) is 0.187. The van der Waals surface area contributed by atoms with E-state index in [1.54, 1.807) is 0 Å². The summed E-state index contributed by atoms with van der Waals surface area (Å²) in [5, 5.41) is 3.77. The summed E-state index contributed by atoms with van der Waals surface area (Å²) >= 11 is 0. The first-order valence-electron chi connectivity index (χ1n) is 15.4. The number of amides is 1. The number of hydrogen-bond acceptors (Lipinski definition) is 5. The first kappa shape index (κ1) is 28.7. The van der Waals surface area contributed by atoms with Crippen molar-refractivity contribution in [3.8, 4) is 0 Å². The molecule has 0 radical (unpaired) electrons. The molecule has 1 atom stereocenters. The highest BCUT2D eigenvalue weighted by molar-refractivity contribution is 5.94. The number of para-hydroxylation sites is 2. The maximum atomic E-state index is 13.1. The van der Waals surface area contributed by atoms with Crippen molar-refractivity contribution in [2.75, 3.05) is 38.5 Å². The fourth-order valence-electron chi connectivity index (χ4n) is 6.20. The van der Waals surface area contributed by atoms with Crippen LogP contribution in [0.2, 0.25) is 0 Å². The predicted octanol–water partition coefficient (Wildman–Crippen LogP) is 6.81. The number of rotatable bonds is 11. The van der Waals surface area contributed by atoms with Gasteiger partial charge in [0.1, 0.15) is 11.5 Å². The molecule has 1 N–H and O–H groups in total. The summed E-state index contributed by atoms with van der Waals surface area (Å²) in [7, 11) is 1.92. The van der Waals surface area contributed by atoms with E-state index in [1.807, 2.05) is 67.4 Å². The number of carbonyl (C=O) groups is 1. The summed E-state index contributed by atoms with van der Waals surface area (Å²) in [4.78, 5) is 22.5. The smallest absolute Gasteiger partial charge is 0.253 e. The van der Waals surface area contributed by atoms with Crippen LogP contribution in [0.5, 0.6) is 0 Å². The highest BCUT2D eigenvalue weighted by Crippen LogP contribution is 2.26. The number of hydrogen-bond donors (Lipinski definition) is 1. The van der Waals surface area contributed by atoms with E-state index in [2.05, 4.69) is 63.3 Å². The van der Waals surface area contributed by atoms with E-state index in [0.717, 1.165) is 73.0 Å². The Bertz CT molecular complexity index is 1620. The van der Waals surface area contributed by atoms with Gasteiger partial charge in [-0.25, -0.2) is 4.98 Å². The van der Waals surface area contributed by atoms with Crippen molar-refractivity contribution < 1.29 is 9.21 Å². The third kappa shape index (κ3) is 7.00. The second-order valence-electron chi connectivity index (χ2n) is 11.7. The first-order valence-corrected chi connectivity index (χ1v) is 15.4. The van der Waals surface area contributed by atoms with Crippen LogP contribution in [0, 0.1) is 6.92 Å². The molecule has 1 aliphatic heterocycles. The molecule has 5 aromatic rings. The summed E-state index contributed by atoms with van der Waals surface area (Å²) in [6.45, 7) is 6.41. The van der Waals surface area contributed by atoms with Gasteiger partial charge in [0.15, 0.2) is 0 Å². The largest absolute Gasteiger partial charge is 0.464 e. The Kier molecular flexibility index (Phi) is 8.89. The average Bonchev–Trinajstić information content (AvgIpc) is 3.62. The molecular formula is C36H41N5O2. The number of imidazole rings is 1. The second kappa shape index (κ2) is 13.3. The molecule has 0 bridgehead atoms. The van der Waals surface area contributed by atoms with Gasteiger partial charge in [0, 0.05) is 44.2 Å². The summed E-state index contributed by atoms with van der Waals surface area (Å²) in [6, 6.07) is 32.9. The van der Waals surface area contributed by atoms with Gasteiger partial charge in [-0.3, -0.25) is 4.79 Å². The van der Waals surface area contributed by atoms with Crippen LogP contribution in [0.4, 0.5) is 5.95 Å². The number of piperidine rings is 1. The lowest BCUT2D eigenvalue weighted by atomic mass is 9.94. The van der Waals surface area contributed by atoms with Crippen LogP contribution in [0.15, 0.2) is 101 Å². The van der Waals surface area contributed by atoms with Crippen molar-refractivity contribution in [3.63, 3.8) is 0 Å². The molecule has 1 amide bonds. The SMILES string of the molecule is Cc1ccc(Cn2c(NC3CCN(CCC(CN(C)C(=O)c4ccccc4)c4ccccc4)CC3)nc3ccccc32)o1. The van der Waals surface area contributed by atoms with Crippen LogP contribution in [-0.4, -0.2) is 64.5 Å². The standard InChI is InChI=1S/C36H41N5O2/c1-27-17-18-32(43-27)26-41-34-16-10-9-15-33(34)38-36(41)37-31-20-23-40(24-21-31)22-19-30(28-11-5-3-6-12-28)25-39(2)35(42)29-13-7-4-8-14-29/h3-18,30-31H,19-26H2,1-2H3,(H,37,38). The summed E-state index contributed by atoms with van der Waals surface area (Å²) in [5.41, 5.74) is 4.13. The molecule has 222 valence electrons. The van der Waals surface area contributed by atoms with Crippen molar-refractivity contribution in [1.29, 1.82) is 0 Å². The van der Waals surface area contributed by atoms with Gasteiger partial charge in [-0.15, -0.1) is 0 Å². The molecule has 1 saturated heterocycles. The number of aryl methyl sites for hydroxylation is 1. The van der Waals surface area contributed by atoms with Crippen LogP contribution in [0.1, 0.15) is 52.6 Å². The molecule has 7 heteroatoms. The molecule has 0 aliphatic carbocycles. The Hall–Kier alpha value is -4.36. The number of likely N-dealkylation sites (N-methyl/N-ethyl adjacent to an activating group) is 1. The van der Waals surface area contributed by atoms with Gasteiger partial charge >= 0.3 is 0 Å². The molecule has 3 heterocycles. The first-order chi connectivity index (χ1) is 21.0. The minimum Gasteiger partial charge on any atom is -0.464 e. The zero-order valence-corrected chi connectivity index (χ0v) is 25.2. The van der Waals surface area contributed by atoms with Gasteiger partial charge in [0.2, 0.25) is 5.95 Å². The molecular weight excluding hydrogens is 534 g/mol. The minimum absolute atomic E-state index is 0.0709. The number of nitrogens with one attached hydrogen (secondary N) is 1. The Labute approximate surface area is 254 Å². The fourth-order valence-corrected chi connectivity index (χ4v) is 6.20. The van der Waals surface area contributed by atoms with Gasteiger partial charge in [0.05, 0.1) is 17.6 Å². The van der Waals surface area contributed by atoms with Gasteiger partial charge in [0.25, 0.3) is 5.91 Å². The molecule has 6 rings (SSSR count). The maximum absolute atomic E-state index is 13.1. The van der Waals surface area contributed by atoms with Gasteiger partial charge < -0.3 is 24.1 Å². The van der Waals surface area contributed by atoms with E-state index in [4.69, 9.17) is 9.40 Å². The third-order valence-electron chi connectivity index (χ3n) is 8.61. The number of benzene rings is 3. The zero-order valence-electron chi connectivity index (χ0n) is 25.2. The van der Waals surface area contributed by atoms with E-state index in [9.17, 15) is 4.79 Å². The van der Waals surface area contributed by atoms with Crippen molar-refractivity contribution in [1.82, 2.24) is 19.4 Å². The Morgan fingerprint density at radius 2 is 1.65 bits per heavy atom. The Balaban J connectivity index is 1.07. The van der Waals surface area contributed by atoms with Crippen molar-refractivity contribution in [2.24, 2.45) is 0 Å². The maximum Gasteiger partial charge on any atom is 0.253 e. The molecule has 43 heavy (non-hydrogen) atoms. The van der Waals surface area contributed by atoms with Crippen LogP contribution in [-0.2, 0) is 6.54 Å². The van der Waals surface area contributed by atoms with Crippen molar-refractivity contribution >= 4 is 22.9 Å². The number of likely N-dealkylation sites (tertiary alicyclic amines) is 1. The second-order valence-corrected chi connectivity index (χ2v) is 11.7. The fraction of sp³-hybridized carbons (Fsp3) is 0.333. The van der Waals surface area contributed by atoms with Crippen LogP contribution < -0.4 is 5.32 Å². The molecule has 1 fully saturated rings. The van der Waals surface area contributed by atoms with E-state index in [-0.39, 0.29) is 11.8 Å². The summed E-state index contributed by atoms with van der Waals surface area (Å²) in [6.07, 6.45) is 3.13. The number of aromatic nitrogens is 2. The van der Waals surface area contributed by atoms with Gasteiger partial charge in [-0.2, -0.15) is 0 Å². The monoisotopic (exact) mass is 575 g/mol.